The van der Waals surface area contributed by atoms with Gasteiger partial charge in [-0.15, -0.1) is 0 Å². The Bertz CT molecular complexity index is 1330. The number of ether oxygens (including phenoxy) is 1. The van der Waals surface area contributed by atoms with Crippen LogP contribution in [0.5, 0.6) is 5.75 Å². The molecule has 0 saturated heterocycles. The van der Waals surface area contributed by atoms with Crippen LogP contribution in [0.3, 0.4) is 0 Å². The summed E-state index contributed by atoms with van der Waals surface area (Å²) in [4.78, 5) is 36.9. The van der Waals surface area contributed by atoms with Crippen LogP contribution in [0.4, 0.5) is 20.2 Å². The van der Waals surface area contributed by atoms with Crippen LogP contribution in [-0.2, 0) is 4.79 Å². The zero-order chi connectivity index (χ0) is 25.5. The van der Waals surface area contributed by atoms with Gasteiger partial charge in [-0.2, -0.15) is 0 Å². The number of amides is 2. The van der Waals surface area contributed by atoms with Gasteiger partial charge in [-0.05, 0) is 61.5 Å². The first kappa shape index (κ1) is 24.5. The number of carbonyl (C=O) groups excluding carboxylic acids is 2. The predicted molar refractivity (Wildman–Crippen MR) is 131 cm³/mol. The lowest BCUT2D eigenvalue weighted by Crippen LogP contribution is -2.42. The van der Waals surface area contributed by atoms with E-state index in [4.69, 9.17) is 4.74 Å². The molecule has 0 radical (unpaired) electrons. The van der Waals surface area contributed by atoms with E-state index in [0.717, 1.165) is 0 Å². The van der Waals surface area contributed by atoms with Crippen LogP contribution in [-0.4, -0.2) is 28.4 Å². The van der Waals surface area contributed by atoms with Crippen LogP contribution >= 0.6 is 0 Å². The maximum atomic E-state index is 13.8. The van der Waals surface area contributed by atoms with Crippen molar-refractivity contribution in [2.75, 3.05) is 16.8 Å². The SMILES string of the molecule is CCOc1ccccc1[C@H](C(=O)Nc1ccc(F)cc1)N(C(=O)c1cnccn1)c1ccc(F)cc1. The Morgan fingerprint density at radius 2 is 1.61 bits per heavy atom. The lowest BCUT2D eigenvalue weighted by atomic mass is 10.0. The Hall–Kier alpha value is -4.66. The third-order valence-electron chi connectivity index (χ3n) is 5.24. The largest absolute Gasteiger partial charge is 0.493 e. The normalized spacial score (nSPS) is 11.4. The molecular formula is C27H22F2N4O3. The summed E-state index contributed by atoms with van der Waals surface area (Å²) in [5.74, 6) is -1.82. The predicted octanol–water partition coefficient (Wildman–Crippen LogP) is 5.18. The summed E-state index contributed by atoms with van der Waals surface area (Å²) < 4.78 is 33.0. The highest BCUT2D eigenvalue weighted by atomic mass is 19.1. The zero-order valence-corrected chi connectivity index (χ0v) is 19.3. The molecule has 0 fully saturated rings. The van der Waals surface area contributed by atoms with E-state index in [1.54, 1.807) is 31.2 Å². The molecule has 1 heterocycles. The molecule has 2 amide bonds. The number of anilines is 2. The number of aromatic nitrogens is 2. The van der Waals surface area contributed by atoms with Crippen molar-refractivity contribution in [3.63, 3.8) is 0 Å². The van der Waals surface area contributed by atoms with Crippen LogP contribution in [0.2, 0.25) is 0 Å². The molecule has 36 heavy (non-hydrogen) atoms. The number of benzene rings is 3. The van der Waals surface area contributed by atoms with Crippen molar-refractivity contribution in [3.8, 4) is 5.75 Å². The van der Waals surface area contributed by atoms with E-state index in [-0.39, 0.29) is 11.4 Å². The van der Waals surface area contributed by atoms with Crippen LogP contribution in [0.15, 0.2) is 91.4 Å². The highest BCUT2D eigenvalue weighted by Gasteiger charge is 2.36. The second-order valence-corrected chi connectivity index (χ2v) is 7.61. The average Bonchev–Trinajstić information content (AvgIpc) is 2.90. The molecule has 0 bridgehead atoms. The number of hydrogen-bond acceptors (Lipinski definition) is 5. The van der Waals surface area contributed by atoms with Crippen LogP contribution in [0, 0.1) is 11.6 Å². The van der Waals surface area contributed by atoms with E-state index in [1.807, 2.05) is 0 Å². The fraction of sp³-hybridized carbons (Fsp3) is 0.111. The average molecular weight is 488 g/mol. The molecule has 0 unspecified atom stereocenters. The lowest BCUT2D eigenvalue weighted by molar-refractivity contribution is -0.117. The van der Waals surface area contributed by atoms with E-state index >= 15 is 0 Å². The van der Waals surface area contributed by atoms with Gasteiger partial charge in [0.25, 0.3) is 11.8 Å². The second-order valence-electron chi connectivity index (χ2n) is 7.61. The Labute approximate surface area is 206 Å². The standard InChI is InChI=1S/C27H22F2N4O3/c1-2-36-24-6-4-3-5-22(24)25(26(34)32-20-11-7-18(28)8-12-20)33(21-13-9-19(29)10-14-21)27(35)23-17-30-15-16-31-23/h3-17,25H,2H2,1H3,(H,32,34)/t25-/m1/s1. The minimum Gasteiger partial charge on any atom is -0.493 e. The molecule has 1 atom stereocenters. The van der Waals surface area contributed by atoms with Crippen molar-refractivity contribution >= 4 is 23.2 Å². The molecule has 1 N–H and O–H groups in total. The van der Waals surface area contributed by atoms with Crippen molar-refractivity contribution in [2.45, 2.75) is 13.0 Å². The minimum atomic E-state index is -1.27. The van der Waals surface area contributed by atoms with E-state index in [2.05, 4.69) is 15.3 Å². The van der Waals surface area contributed by atoms with Gasteiger partial charge in [0, 0.05) is 29.3 Å². The number of hydrogen-bond donors (Lipinski definition) is 1. The van der Waals surface area contributed by atoms with Crippen molar-refractivity contribution in [2.24, 2.45) is 0 Å². The topological polar surface area (TPSA) is 84.4 Å². The van der Waals surface area contributed by atoms with Gasteiger partial charge in [0.2, 0.25) is 0 Å². The molecule has 0 saturated carbocycles. The van der Waals surface area contributed by atoms with Gasteiger partial charge >= 0.3 is 0 Å². The summed E-state index contributed by atoms with van der Waals surface area (Å²) in [5.41, 5.74) is 0.944. The summed E-state index contributed by atoms with van der Waals surface area (Å²) in [6, 6.07) is 16.0. The monoisotopic (exact) mass is 488 g/mol. The van der Waals surface area contributed by atoms with E-state index < -0.39 is 29.5 Å². The Morgan fingerprint density at radius 3 is 2.25 bits per heavy atom. The third-order valence-corrected chi connectivity index (χ3v) is 5.24. The molecule has 0 aliphatic rings. The first-order chi connectivity index (χ1) is 17.5. The first-order valence-electron chi connectivity index (χ1n) is 11.1. The van der Waals surface area contributed by atoms with Crippen molar-refractivity contribution in [3.05, 3.63) is 114 Å². The number of nitrogens with one attached hydrogen (secondary N) is 1. The highest BCUT2D eigenvalue weighted by molar-refractivity contribution is 6.11. The minimum absolute atomic E-state index is 0.0182. The van der Waals surface area contributed by atoms with E-state index in [9.17, 15) is 18.4 Å². The molecule has 4 rings (SSSR count). The van der Waals surface area contributed by atoms with Gasteiger partial charge in [-0.3, -0.25) is 19.5 Å². The van der Waals surface area contributed by atoms with Gasteiger partial charge in [0.15, 0.2) is 0 Å². The molecule has 3 aromatic carbocycles. The fourth-order valence-electron chi connectivity index (χ4n) is 3.65. The first-order valence-corrected chi connectivity index (χ1v) is 11.1. The Morgan fingerprint density at radius 1 is 0.944 bits per heavy atom. The molecular weight excluding hydrogens is 466 g/mol. The van der Waals surface area contributed by atoms with Crippen LogP contribution < -0.4 is 15.0 Å². The van der Waals surface area contributed by atoms with Gasteiger partial charge in [-0.25, -0.2) is 13.8 Å². The number of halogens is 2. The molecule has 4 aromatic rings. The number of para-hydroxylation sites is 1. The number of rotatable bonds is 8. The molecule has 0 aliphatic carbocycles. The van der Waals surface area contributed by atoms with Crippen LogP contribution in [0.1, 0.15) is 29.0 Å². The van der Waals surface area contributed by atoms with Crippen molar-refractivity contribution < 1.29 is 23.1 Å². The fourth-order valence-corrected chi connectivity index (χ4v) is 3.65. The summed E-state index contributed by atoms with van der Waals surface area (Å²) in [6.07, 6.45) is 4.06. The van der Waals surface area contributed by atoms with Crippen LogP contribution in [0.25, 0.3) is 0 Å². The molecule has 0 spiro atoms. The summed E-state index contributed by atoms with van der Waals surface area (Å²) in [7, 11) is 0. The van der Waals surface area contributed by atoms with Gasteiger partial charge in [0.05, 0.1) is 12.8 Å². The maximum absolute atomic E-state index is 13.8. The Balaban J connectivity index is 1.88. The summed E-state index contributed by atoms with van der Waals surface area (Å²) >= 11 is 0. The molecule has 1 aromatic heterocycles. The molecule has 9 heteroatoms. The quantitative estimate of drug-likeness (QED) is 0.370. The zero-order valence-electron chi connectivity index (χ0n) is 19.3. The maximum Gasteiger partial charge on any atom is 0.279 e. The molecule has 182 valence electrons. The lowest BCUT2D eigenvalue weighted by Gasteiger charge is -2.32. The van der Waals surface area contributed by atoms with Crippen molar-refractivity contribution in [1.82, 2.24) is 9.97 Å². The number of carbonyl (C=O) groups is 2. The smallest absolute Gasteiger partial charge is 0.279 e. The second kappa shape index (κ2) is 11.2. The summed E-state index contributed by atoms with van der Waals surface area (Å²) in [6.45, 7) is 2.12. The third kappa shape index (κ3) is 5.52. The Kier molecular flexibility index (Phi) is 7.60. The van der Waals surface area contributed by atoms with Crippen molar-refractivity contribution in [1.29, 1.82) is 0 Å². The van der Waals surface area contributed by atoms with E-state index in [0.29, 0.717) is 23.6 Å². The van der Waals surface area contributed by atoms with Gasteiger partial charge in [0.1, 0.15) is 29.1 Å². The van der Waals surface area contributed by atoms with E-state index in [1.165, 1.54) is 72.0 Å². The molecule has 0 aliphatic heterocycles. The number of nitrogens with zero attached hydrogens (tertiary/aromatic N) is 3. The molecule has 7 nitrogen and oxygen atoms in total. The highest BCUT2D eigenvalue weighted by Crippen LogP contribution is 2.35. The van der Waals surface area contributed by atoms with Gasteiger partial charge in [-0.1, -0.05) is 18.2 Å². The summed E-state index contributed by atoms with van der Waals surface area (Å²) in [5, 5.41) is 2.74. The van der Waals surface area contributed by atoms with Gasteiger partial charge < -0.3 is 10.1 Å².